The Morgan fingerprint density at radius 1 is 1.00 bits per heavy atom. The minimum atomic E-state index is 0. The van der Waals surface area contributed by atoms with Gasteiger partial charge >= 0.3 is 0 Å². The van der Waals surface area contributed by atoms with Gasteiger partial charge in [0.2, 0.25) is 0 Å². The fraction of sp³-hybridized carbons (Fsp3) is 0. The first kappa shape index (κ1) is 102. The standard InChI is InChI=1S/BH3.Cr.Cu.Fe.Mn.Mo.Ni.H4Si/h1H3;;;;;;;1H4. The Balaban J connectivity index is 0. The molecule has 0 saturated heterocycles. The van der Waals surface area contributed by atoms with E-state index < -0.39 is 0 Å². The van der Waals surface area contributed by atoms with Gasteiger partial charge < -0.3 is 0 Å². The van der Waals surface area contributed by atoms with Gasteiger partial charge in [-0.25, -0.2) is 0 Å². The van der Waals surface area contributed by atoms with E-state index >= 15 is 0 Å². The SMILES string of the molecule is B.[Cr].[Cu].[Fe].[Mn].[Mo].[Ni].[SiH4]. The molecule has 0 aliphatic rings. The van der Waals surface area contributed by atoms with Crippen molar-refractivity contribution in [3.8, 4) is 0 Å². The molecule has 0 bridgehead atoms. The van der Waals surface area contributed by atoms with Crippen LogP contribution >= 0.6 is 0 Å². The van der Waals surface area contributed by atoms with Gasteiger partial charge in [-0.2, -0.15) is 0 Å². The van der Waals surface area contributed by atoms with Crippen molar-refractivity contribution in [1.82, 2.24) is 0 Å². The van der Waals surface area contributed by atoms with E-state index in [-0.39, 0.29) is 126 Å². The van der Waals surface area contributed by atoms with E-state index in [1.54, 1.807) is 0 Å². The van der Waals surface area contributed by atoms with Gasteiger partial charge in [0, 0.05) is 106 Å². The van der Waals surface area contributed by atoms with Gasteiger partial charge in [-0.15, -0.1) is 0 Å². The van der Waals surface area contributed by atoms with Gasteiger partial charge in [-0.05, 0) is 11.0 Å². The summed E-state index contributed by atoms with van der Waals surface area (Å²) < 4.78 is 0. The van der Waals surface area contributed by atoms with Crippen LogP contribution in [0, 0.1) is 0 Å². The maximum Gasteiger partial charge on any atom is 0.0814 e. The molecule has 8 heavy (non-hydrogen) atoms. The molecule has 62 valence electrons. The molecule has 0 rings (SSSR count). The maximum atomic E-state index is 0. The van der Waals surface area contributed by atoms with Crippen molar-refractivity contribution in [2.24, 2.45) is 0 Å². The van der Waals surface area contributed by atoms with E-state index in [1.807, 2.05) is 0 Å². The number of rotatable bonds is 0. The Morgan fingerprint density at radius 3 is 1.00 bits per heavy atom. The minimum Gasteiger partial charge on any atom is -0.0149 e. The summed E-state index contributed by atoms with van der Waals surface area (Å²) in [7, 11) is 0. The molecule has 0 aromatic rings. The fourth-order valence-electron chi connectivity index (χ4n) is 0. The molecule has 0 saturated carbocycles. The third kappa shape index (κ3) is 55.3. The second-order valence-electron chi connectivity index (χ2n) is 0. The molecule has 0 nitrogen and oxygen atoms in total. The summed E-state index contributed by atoms with van der Waals surface area (Å²) in [5.41, 5.74) is 0. The van der Waals surface area contributed by atoms with Crippen LogP contribution in [-0.4, -0.2) is 19.4 Å². The van der Waals surface area contributed by atoms with E-state index in [0.717, 1.165) is 0 Å². The van der Waals surface area contributed by atoms with Crippen LogP contribution in [0.4, 0.5) is 0 Å². The molecule has 0 aromatic carbocycles. The molecule has 2 radical (unpaired) electrons. The molecule has 0 spiro atoms. The van der Waals surface area contributed by atoms with Crippen molar-refractivity contribution in [2.45, 2.75) is 0 Å². The van der Waals surface area contributed by atoms with Crippen LogP contribution < -0.4 is 0 Å². The quantitative estimate of drug-likeness (QED) is 0.371. The van der Waals surface area contributed by atoms with E-state index in [1.165, 1.54) is 0 Å². The maximum absolute atomic E-state index is 0. The van der Waals surface area contributed by atoms with Crippen molar-refractivity contribution in [1.29, 1.82) is 0 Å². The van der Waals surface area contributed by atoms with Crippen molar-refractivity contribution in [3.05, 3.63) is 0 Å². The molecule has 0 unspecified atom stereocenters. The summed E-state index contributed by atoms with van der Waals surface area (Å²) in [5, 5.41) is 0. The van der Waals surface area contributed by atoms with E-state index in [4.69, 9.17) is 0 Å². The van der Waals surface area contributed by atoms with Gasteiger partial charge in [0.05, 0.1) is 8.41 Å². The zero-order valence-electron chi connectivity index (χ0n) is 2.17. The van der Waals surface area contributed by atoms with Gasteiger partial charge in [-0.3, -0.25) is 0 Å². The first-order valence-electron chi connectivity index (χ1n) is 0. The largest absolute Gasteiger partial charge is 0.0814 e. The van der Waals surface area contributed by atoms with Gasteiger partial charge in [0.25, 0.3) is 0 Å². The molecular weight excluding hydrogens is 420 g/mol. The molecule has 0 aliphatic heterocycles. The summed E-state index contributed by atoms with van der Waals surface area (Å²) >= 11 is 0. The Labute approximate surface area is 124 Å². The Hall–Kier alpha value is 3.55. The molecule has 0 fully saturated rings. The molecule has 0 amide bonds. The molecule has 0 heterocycles. The van der Waals surface area contributed by atoms with Crippen molar-refractivity contribution >= 4 is 19.4 Å². The molecule has 0 aromatic heterocycles. The first-order chi connectivity index (χ1) is 0. The monoisotopic (exact) mass is 428 g/mol. The number of hydrogen-bond acceptors (Lipinski definition) is 0. The summed E-state index contributed by atoms with van der Waals surface area (Å²) in [5.74, 6) is 0. The van der Waals surface area contributed by atoms with Gasteiger partial charge in [-0.1, -0.05) is 0 Å². The van der Waals surface area contributed by atoms with Crippen LogP contribution in [0.15, 0.2) is 0 Å². The van der Waals surface area contributed by atoms with Crippen LogP contribution in [0.1, 0.15) is 0 Å². The zero-order chi connectivity index (χ0) is 0. The molecule has 0 atom stereocenters. The summed E-state index contributed by atoms with van der Waals surface area (Å²) in [4.78, 5) is 0. The minimum absolute atomic E-state index is 0. The molecule has 0 N–H and O–H groups in total. The van der Waals surface area contributed by atoms with E-state index in [9.17, 15) is 0 Å². The Morgan fingerprint density at radius 2 is 1.00 bits per heavy atom. The molecule has 0 aliphatic carbocycles. The average Bonchev–Trinajstić information content (AvgIpc) is 0. The average molecular weight is 427 g/mol. The molecule has 8 heteroatoms. The van der Waals surface area contributed by atoms with Crippen LogP contribution in [0.3, 0.4) is 0 Å². The smallest absolute Gasteiger partial charge is 0.0149 e. The first-order valence-corrected chi connectivity index (χ1v) is 0. The topological polar surface area (TPSA) is 0 Å². The number of hydrogen-bond donors (Lipinski definition) is 0. The van der Waals surface area contributed by atoms with Crippen LogP contribution in [0.5, 0.6) is 0 Å². The van der Waals surface area contributed by atoms with Crippen molar-refractivity contribution in [3.63, 3.8) is 0 Å². The second kappa shape index (κ2) is 76.3. The van der Waals surface area contributed by atoms with Gasteiger partial charge in [0.1, 0.15) is 0 Å². The molecular formula is H7BCrCuFeMnMoNiSi. The third-order valence-corrected chi connectivity index (χ3v) is 0. The summed E-state index contributed by atoms with van der Waals surface area (Å²) in [6.45, 7) is 0. The summed E-state index contributed by atoms with van der Waals surface area (Å²) in [6, 6.07) is 0. The third-order valence-electron chi connectivity index (χ3n) is 0. The normalized spacial score (nSPS) is 0. The van der Waals surface area contributed by atoms with Crippen LogP contribution in [0.2, 0.25) is 0 Å². The zero-order valence-corrected chi connectivity index (χ0v) is 9.66. The van der Waals surface area contributed by atoms with E-state index in [2.05, 4.69) is 0 Å². The summed E-state index contributed by atoms with van der Waals surface area (Å²) in [6.07, 6.45) is 0. The fourth-order valence-corrected chi connectivity index (χ4v) is 0. The van der Waals surface area contributed by atoms with E-state index in [0.29, 0.717) is 0 Å². The Kier molecular flexibility index (Phi) is 971. The second-order valence-corrected chi connectivity index (χ2v) is 0. The van der Waals surface area contributed by atoms with Crippen molar-refractivity contribution < 1.29 is 106 Å². The van der Waals surface area contributed by atoms with Crippen LogP contribution in [0.25, 0.3) is 0 Å². The van der Waals surface area contributed by atoms with Crippen LogP contribution in [-0.2, 0) is 106 Å². The predicted octanol–water partition coefficient (Wildman–Crippen LogP) is -2.65. The van der Waals surface area contributed by atoms with Gasteiger partial charge in [0.15, 0.2) is 0 Å². The van der Waals surface area contributed by atoms with Crippen molar-refractivity contribution in [2.75, 3.05) is 0 Å². The Bertz CT molecular complexity index is 24.0. The predicted molar refractivity (Wildman–Crippen MR) is 21.3 cm³/mol.